The van der Waals surface area contributed by atoms with Gasteiger partial charge in [0.15, 0.2) is 0 Å². The number of anilines is 1. The Morgan fingerprint density at radius 2 is 1.56 bits per heavy atom. The molecule has 0 aromatic heterocycles. The number of nitrogens with two attached hydrogens (primary N) is 1. The number of aryl methyl sites for hydroxylation is 1. The molecule has 5 nitrogen and oxygen atoms in total. The van der Waals surface area contributed by atoms with Crippen LogP contribution in [0.2, 0.25) is 10.0 Å². The number of rotatable bonds is 16. The summed E-state index contributed by atoms with van der Waals surface area (Å²) in [7, 11) is 1.71. The van der Waals surface area contributed by atoms with Crippen molar-refractivity contribution in [3.8, 4) is 0 Å². The van der Waals surface area contributed by atoms with Gasteiger partial charge in [-0.15, -0.1) is 0 Å². The summed E-state index contributed by atoms with van der Waals surface area (Å²) in [4.78, 5) is 0. The number of ether oxygens (including phenoxy) is 2. The van der Waals surface area contributed by atoms with E-state index in [2.05, 4.69) is 29.6 Å². The van der Waals surface area contributed by atoms with Gasteiger partial charge in [0.1, 0.15) is 0 Å². The zero-order valence-electron chi connectivity index (χ0n) is 18.9. The minimum atomic E-state index is -0.665. The highest BCUT2D eigenvalue weighted by molar-refractivity contribution is 6.38. The highest BCUT2D eigenvalue weighted by Crippen LogP contribution is 2.31. The second-order valence-electron chi connectivity index (χ2n) is 8.00. The smallest absolute Gasteiger partial charge is 0.0915 e. The van der Waals surface area contributed by atoms with Crippen LogP contribution in [-0.4, -0.2) is 38.5 Å². The summed E-state index contributed by atoms with van der Waals surface area (Å²) < 4.78 is 10.9. The number of benzene rings is 2. The lowest BCUT2D eigenvalue weighted by Gasteiger charge is -2.14. The predicted octanol–water partition coefficient (Wildman–Crippen LogP) is 5.55. The van der Waals surface area contributed by atoms with E-state index in [1.165, 1.54) is 11.1 Å². The van der Waals surface area contributed by atoms with Crippen molar-refractivity contribution in [3.05, 3.63) is 63.1 Å². The summed E-state index contributed by atoms with van der Waals surface area (Å²) in [6, 6.07) is 11.9. The fourth-order valence-electron chi connectivity index (χ4n) is 3.41. The molecule has 0 radical (unpaired) electrons. The topological polar surface area (TPSA) is 76.7 Å². The van der Waals surface area contributed by atoms with Crippen LogP contribution in [0.1, 0.15) is 54.9 Å². The number of aliphatic hydroxyl groups excluding tert-OH is 1. The van der Waals surface area contributed by atoms with Gasteiger partial charge in [-0.1, -0.05) is 60.3 Å². The van der Waals surface area contributed by atoms with Crippen LogP contribution >= 0.6 is 23.2 Å². The van der Waals surface area contributed by atoms with Crippen LogP contribution in [-0.2, 0) is 22.5 Å². The zero-order chi connectivity index (χ0) is 23.2. The lowest BCUT2D eigenvalue weighted by Crippen LogP contribution is -2.22. The van der Waals surface area contributed by atoms with Crippen LogP contribution in [0.25, 0.3) is 0 Å². The maximum atomic E-state index is 10.3. The number of nitrogen functional groups attached to an aromatic ring is 1. The van der Waals surface area contributed by atoms with E-state index in [0.717, 1.165) is 58.3 Å². The molecule has 0 fully saturated rings. The monoisotopic (exact) mass is 482 g/mol. The lowest BCUT2D eigenvalue weighted by atomic mass is 10.1. The average Bonchev–Trinajstić information content (AvgIpc) is 2.79. The number of hydrogen-bond acceptors (Lipinski definition) is 5. The molecule has 7 heteroatoms. The molecule has 0 aliphatic carbocycles. The first kappa shape index (κ1) is 26.9. The third-order valence-corrected chi connectivity index (χ3v) is 5.93. The van der Waals surface area contributed by atoms with Crippen LogP contribution in [0.15, 0.2) is 36.4 Å². The summed E-state index contributed by atoms with van der Waals surface area (Å²) in [5, 5.41) is 14.3. The van der Waals surface area contributed by atoms with Crippen molar-refractivity contribution in [1.82, 2.24) is 5.32 Å². The van der Waals surface area contributed by atoms with Crippen molar-refractivity contribution in [2.24, 2.45) is 0 Å². The van der Waals surface area contributed by atoms with Gasteiger partial charge in [0.25, 0.3) is 0 Å². The molecule has 4 N–H and O–H groups in total. The van der Waals surface area contributed by atoms with Gasteiger partial charge >= 0.3 is 0 Å². The van der Waals surface area contributed by atoms with Crippen LogP contribution in [0.3, 0.4) is 0 Å². The largest absolute Gasteiger partial charge is 0.396 e. The van der Waals surface area contributed by atoms with E-state index in [9.17, 15) is 5.11 Å². The van der Waals surface area contributed by atoms with Crippen molar-refractivity contribution in [2.75, 3.05) is 39.1 Å². The minimum absolute atomic E-state index is 0.342. The molecule has 32 heavy (non-hydrogen) atoms. The Balaban J connectivity index is 1.42. The molecule has 0 amide bonds. The maximum absolute atomic E-state index is 10.3. The Bertz CT molecular complexity index is 764. The fourth-order valence-corrected chi connectivity index (χ4v) is 3.91. The Morgan fingerprint density at radius 1 is 0.938 bits per heavy atom. The first-order chi connectivity index (χ1) is 15.5. The van der Waals surface area contributed by atoms with Crippen molar-refractivity contribution >= 4 is 28.9 Å². The molecule has 0 aliphatic rings. The van der Waals surface area contributed by atoms with Gasteiger partial charge in [0.2, 0.25) is 0 Å². The molecule has 2 aromatic rings. The minimum Gasteiger partial charge on any atom is -0.396 e. The quantitative estimate of drug-likeness (QED) is 0.215. The lowest BCUT2D eigenvalue weighted by molar-refractivity contribution is 0.127. The number of methoxy groups -OCH3 is 1. The van der Waals surface area contributed by atoms with E-state index in [0.29, 0.717) is 34.4 Å². The SMILES string of the molecule is COCc1ccc(CCCOCCCCCCNCC(O)c2cc(Cl)c(N)c(Cl)c2)cc1. The van der Waals surface area contributed by atoms with Crippen molar-refractivity contribution in [1.29, 1.82) is 0 Å². The van der Waals surface area contributed by atoms with Crippen molar-refractivity contribution in [2.45, 2.75) is 51.2 Å². The summed E-state index contributed by atoms with van der Waals surface area (Å²) in [6.45, 7) is 3.60. The average molecular weight is 483 g/mol. The highest BCUT2D eigenvalue weighted by atomic mass is 35.5. The van der Waals surface area contributed by atoms with E-state index in [1.807, 2.05) is 0 Å². The highest BCUT2D eigenvalue weighted by Gasteiger charge is 2.11. The molecule has 1 atom stereocenters. The Hall–Kier alpha value is -1.34. The van der Waals surface area contributed by atoms with Gasteiger partial charge in [-0.25, -0.2) is 0 Å². The number of unbranched alkanes of at least 4 members (excludes halogenated alkanes) is 3. The summed E-state index contributed by atoms with van der Waals surface area (Å²) in [5.74, 6) is 0. The first-order valence-corrected chi connectivity index (χ1v) is 12.0. The van der Waals surface area contributed by atoms with E-state index < -0.39 is 6.10 Å². The van der Waals surface area contributed by atoms with Gasteiger partial charge in [0.05, 0.1) is 28.4 Å². The molecule has 2 aromatic carbocycles. The van der Waals surface area contributed by atoms with Gasteiger partial charge < -0.3 is 25.6 Å². The van der Waals surface area contributed by atoms with Crippen LogP contribution < -0.4 is 11.1 Å². The Labute approximate surface area is 202 Å². The molecule has 178 valence electrons. The number of nitrogens with one attached hydrogen (secondary N) is 1. The standard InChI is InChI=1S/C25H36Cl2N2O3/c1-31-18-20-10-8-19(9-11-20)7-6-14-32-13-5-3-2-4-12-29-17-24(30)21-15-22(26)25(28)23(27)16-21/h8-11,15-16,24,29-30H,2-7,12-14,17-18,28H2,1H3. The predicted molar refractivity (Wildman–Crippen MR) is 133 cm³/mol. The maximum Gasteiger partial charge on any atom is 0.0915 e. The third-order valence-electron chi connectivity index (χ3n) is 5.30. The molecular formula is C25H36Cl2N2O3. The van der Waals surface area contributed by atoms with Crippen molar-refractivity contribution < 1.29 is 14.6 Å². The van der Waals surface area contributed by atoms with Crippen LogP contribution in [0.4, 0.5) is 5.69 Å². The first-order valence-electron chi connectivity index (χ1n) is 11.3. The number of halogens is 2. The molecule has 0 aliphatic heterocycles. The third kappa shape index (κ3) is 10.1. The Morgan fingerprint density at radius 3 is 2.25 bits per heavy atom. The molecule has 0 saturated carbocycles. The van der Waals surface area contributed by atoms with Crippen LogP contribution in [0.5, 0.6) is 0 Å². The molecule has 0 spiro atoms. The second kappa shape index (κ2) is 15.5. The number of aliphatic hydroxyl groups is 1. The molecule has 1 unspecified atom stereocenters. The van der Waals surface area contributed by atoms with E-state index >= 15 is 0 Å². The molecule has 0 bridgehead atoms. The summed E-state index contributed by atoms with van der Waals surface area (Å²) >= 11 is 12.0. The van der Waals surface area contributed by atoms with E-state index in [1.54, 1.807) is 19.2 Å². The van der Waals surface area contributed by atoms with Gasteiger partial charge in [-0.3, -0.25) is 0 Å². The van der Waals surface area contributed by atoms with Gasteiger partial charge in [-0.05, 0) is 61.1 Å². The zero-order valence-corrected chi connectivity index (χ0v) is 20.4. The Kier molecular flexibility index (Phi) is 13.0. The number of hydrogen-bond donors (Lipinski definition) is 3. The van der Waals surface area contributed by atoms with Gasteiger partial charge in [0, 0.05) is 26.9 Å². The van der Waals surface area contributed by atoms with Gasteiger partial charge in [-0.2, -0.15) is 0 Å². The molecule has 0 heterocycles. The van der Waals surface area contributed by atoms with E-state index in [-0.39, 0.29) is 0 Å². The second-order valence-corrected chi connectivity index (χ2v) is 8.81. The molecular weight excluding hydrogens is 447 g/mol. The van der Waals surface area contributed by atoms with Crippen LogP contribution in [0, 0.1) is 0 Å². The van der Waals surface area contributed by atoms with Crippen molar-refractivity contribution in [3.63, 3.8) is 0 Å². The fraction of sp³-hybridized carbons (Fsp3) is 0.520. The molecule has 2 rings (SSSR count). The molecule has 0 saturated heterocycles. The van der Waals surface area contributed by atoms with E-state index in [4.69, 9.17) is 38.4 Å². The summed E-state index contributed by atoms with van der Waals surface area (Å²) in [6.07, 6.45) is 5.85. The summed E-state index contributed by atoms with van der Waals surface area (Å²) in [5.41, 5.74) is 9.28. The normalized spacial score (nSPS) is 12.2.